The second-order valence-electron chi connectivity index (χ2n) is 7.19. The molecule has 162 valence electrons. The van der Waals surface area contributed by atoms with E-state index in [9.17, 15) is 14.0 Å². The van der Waals surface area contributed by atoms with Crippen molar-refractivity contribution in [3.05, 3.63) is 118 Å². The van der Waals surface area contributed by atoms with E-state index in [1.165, 1.54) is 28.9 Å². The van der Waals surface area contributed by atoms with E-state index in [4.69, 9.17) is 5.26 Å². The van der Waals surface area contributed by atoms with Crippen LogP contribution in [0, 0.1) is 17.1 Å². The summed E-state index contributed by atoms with van der Waals surface area (Å²) >= 11 is 0. The van der Waals surface area contributed by atoms with Crippen molar-refractivity contribution in [1.29, 1.82) is 5.26 Å². The van der Waals surface area contributed by atoms with E-state index in [1.807, 2.05) is 12.1 Å². The molecule has 0 saturated heterocycles. The molecule has 4 aromatic rings. The zero-order valence-corrected chi connectivity index (χ0v) is 17.3. The van der Waals surface area contributed by atoms with Crippen LogP contribution in [0.2, 0.25) is 0 Å². The SMILES string of the molecule is N#Cc1ccc(C(=O)Nc2cccc(Cn3nc(Nc4cccc(F)c4)ccc3=O)c2)cc1. The average Bonchev–Trinajstić information content (AvgIpc) is 2.81. The molecule has 0 radical (unpaired) electrons. The maximum absolute atomic E-state index is 13.4. The first-order valence-electron chi connectivity index (χ1n) is 10.0. The Morgan fingerprint density at radius 2 is 1.73 bits per heavy atom. The number of anilines is 3. The highest BCUT2D eigenvalue weighted by atomic mass is 19.1. The highest BCUT2D eigenvalue weighted by Gasteiger charge is 2.08. The number of nitrogens with one attached hydrogen (secondary N) is 2. The number of hydrogen-bond donors (Lipinski definition) is 2. The number of nitriles is 1. The molecule has 0 aliphatic carbocycles. The predicted octanol–water partition coefficient (Wildman–Crippen LogP) is 4.30. The van der Waals surface area contributed by atoms with Crippen LogP contribution in [0.3, 0.4) is 0 Å². The van der Waals surface area contributed by atoms with Crippen LogP contribution in [0.5, 0.6) is 0 Å². The maximum atomic E-state index is 13.4. The van der Waals surface area contributed by atoms with Crippen LogP contribution in [-0.4, -0.2) is 15.7 Å². The van der Waals surface area contributed by atoms with Gasteiger partial charge in [0.15, 0.2) is 5.82 Å². The van der Waals surface area contributed by atoms with E-state index < -0.39 is 0 Å². The van der Waals surface area contributed by atoms with Crippen LogP contribution in [0.1, 0.15) is 21.5 Å². The third-order valence-corrected chi connectivity index (χ3v) is 4.76. The zero-order valence-electron chi connectivity index (χ0n) is 17.3. The normalized spacial score (nSPS) is 10.3. The van der Waals surface area contributed by atoms with Gasteiger partial charge in [-0.2, -0.15) is 10.4 Å². The van der Waals surface area contributed by atoms with Crippen LogP contribution in [0.25, 0.3) is 0 Å². The van der Waals surface area contributed by atoms with Crippen molar-refractivity contribution >= 4 is 23.1 Å². The van der Waals surface area contributed by atoms with Crippen molar-refractivity contribution in [2.24, 2.45) is 0 Å². The molecule has 0 spiro atoms. The molecule has 0 fully saturated rings. The molecule has 0 bridgehead atoms. The lowest BCUT2D eigenvalue weighted by Crippen LogP contribution is -2.23. The molecule has 8 heteroatoms. The third-order valence-electron chi connectivity index (χ3n) is 4.76. The standard InChI is InChI=1S/C25H18FN5O2/c26-20-4-2-6-22(14-20)28-23-11-12-24(32)31(30-23)16-18-3-1-5-21(13-18)29-25(33)19-9-7-17(15-27)8-10-19/h1-14H,16H2,(H,28,30)(H,29,33). The van der Waals surface area contributed by atoms with Crippen molar-refractivity contribution in [3.8, 4) is 6.07 Å². The van der Waals surface area contributed by atoms with E-state index in [-0.39, 0.29) is 23.8 Å². The van der Waals surface area contributed by atoms with Gasteiger partial charge in [-0.05, 0) is 66.2 Å². The summed E-state index contributed by atoms with van der Waals surface area (Å²) < 4.78 is 14.7. The highest BCUT2D eigenvalue weighted by molar-refractivity contribution is 6.04. The zero-order chi connectivity index (χ0) is 23.2. The van der Waals surface area contributed by atoms with Gasteiger partial charge in [-0.15, -0.1) is 0 Å². The van der Waals surface area contributed by atoms with Gasteiger partial charge in [0.25, 0.3) is 11.5 Å². The first-order valence-corrected chi connectivity index (χ1v) is 10.0. The van der Waals surface area contributed by atoms with Gasteiger partial charge in [-0.25, -0.2) is 9.07 Å². The summed E-state index contributed by atoms with van der Waals surface area (Å²) in [7, 11) is 0. The molecular formula is C25H18FN5O2. The molecule has 4 rings (SSSR count). The largest absolute Gasteiger partial charge is 0.339 e. The number of benzene rings is 3. The fourth-order valence-corrected chi connectivity index (χ4v) is 3.16. The quantitative estimate of drug-likeness (QED) is 0.467. The summed E-state index contributed by atoms with van der Waals surface area (Å²) in [5.41, 5.74) is 2.43. The average molecular weight is 439 g/mol. The van der Waals surface area contributed by atoms with Gasteiger partial charge < -0.3 is 10.6 Å². The van der Waals surface area contributed by atoms with E-state index in [0.29, 0.717) is 28.3 Å². The number of halogens is 1. The second-order valence-corrected chi connectivity index (χ2v) is 7.19. The summed E-state index contributed by atoms with van der Waals surface area (Å²) in [5.74, 6) is -0.299. The summed E-state index contributed by atoms with van der Waals surface area (Å²) in [6.07, 6.45) is 0. The lowest BCUT2D eigenvalue weighted by molar-refractivity contribution is 0.102. The first kappa shape index (κ1) is 21.5. The van der Waals surface area contributed by atoms with Gasteiger partial charge in [0.2, 0.25) is 0 Å². The fourth-order valence-electron chi connectivity index (χ4n) is 3.16. The lowest BCUT2D eigenvalue weighted by atomic mass is 10.1. The minimum Gasteiger partial charge on any atom is -0.339 e. The lowest BCUT2D eigenvalue weighted by Gasteiger charge is -2.11. The van der Waals surface area contributed by atoms with Crippen molar-refractivity contribution < 1.29 is 9.18 Å². The maximum Gasteiger partial charge on any atom is 0.267 e. The molecule has 0 atom stereocenters. The molecule has 0 saturated carbocycles. The number of carbonyl (C=O) groups is 1. The summed E-state index contributed by atoms with van der Waals surface area (Å²) in [4.78, 5) is 24.8. The number of carbonyl (C=O) groups excluding carboxylic acids is 1. The van der Waals surface area contributed by atoms with Gasteiger partial charge in [0.05, 0.1) is 18.2 Å². The number of nitrogens with zero attached hydrogens (tertiary/aromatic N) is 3. The molecule has 2 N–H and O–H groups in total. The topological polar surface area (TPSA) is 99.8 Å². The van der Waals surface area contributed by atoms with Crippen LogP contribution in [0.15, 0.2) is 89.7 Å². The molecule has 0 unspecified atom stereocenters. The minimum atomic E-state index is -0.381. The van der Waals surface area contributed by atoms with Crippen molar-refractivity contribution in [1.82, 2.24) is 9.78 Å². The number of hydrogen-bond acceptors (Lipinski definition) is 5. The Bertz CT molecular complexity index is 1410. The van der Waals surface area contributed by atoms with E-state index in [0.717, 1.165) is 5.56 Å². The van der Waals surface area contributed by atoms with Crippen molar-refractivity contribution in [3.63, 3.8) is 0 Å². The van der Waals surface area contributed by atoms with Crippen LogP contribution < -0.4 is 16.2 Å². The van der Waals surface area contributed by atoms with Crippen molar-refractivity contribution in [2.75, 3.05) is 10.6 Å². The molecule has 33 heavy (non-hydrogen) atoms. The summed E-state index contributed by atoms with van der Waals surface area (Å²) in [6, 6.07) is 24.3. The Hall–Kier alpha value is -4.77. The van der Waals surface area contributed by atoms with E-state index in [2.05, 4.69) is 15.7 Å². The van der Waals surface area contributed by atoms with Gasteiger partial charge in [-0.3, -0.25) is 9.59 Å². The molecule has 1 amide bonds. The monoisotopic (exact) mass is 439 g/mol. The molecule has 1 heterocycles. The Kier molecular flexibility index (Phi) is 6.23. The third kappa shape index (κ3) is 5.48. The molecule has 0 aliphatic heterocycles. The van der Waals surface area contributed by atoms with E-state index >= 15 is 0 Å². The fraction of sp³-hybridized carbons (Fsp3) is 0.0400. The van der Waals surface area contributed by atoms with Gasteiger partial charge in [0, 0.05) is 23.0 Å². The molecule has 1 aromatic heterocycles. The smallest absolute Gasteiger partial charge is 0.267 e. The molecular weight excluding hydrogens is 421 g/mol. The molecule has 3 aromatic carbocycles. The Morgan fingerprint density at radius 3 is 2.48 bits per heavy atom. The summed E-state index contributed by atoms with van der Waals surface area (Å²) in [6.45, 7) is 0.179. The molecule has 7 nitrogen and oxygen atoms in total. The minimum absolute atomic E-state index is 0.179. The Labute approximate surface area is 188 Å². The van der Waals surface area contributed by atoms with Crippen LogP contribution >= 0.6 is 0 Å². The summed E-state index contributed by atoms with van der Waals surface area (Å²) in [5, 5.41) is 19.0. The Balaban J connectivity index is 1.49. The highest BCUT2D eigenvalue weighted by Crippen LogP contribution is 2.16. The van der Waals surface area contributed by atoms with E-state index in [1.54, 1.807) is 54.6 Å². The number of rotatable bonds is 6. The molecule has 0 aliphatic rings. The van der Waals surface area contributed by atoms with Gasteiger partial charge >= 0.3 is 0 Å². The van der Waals surface area contributed by atoms with Crippen molar-refractivity contribution in [2.45, 2.75) is 6.54 Å². The second kappa shape index (κ2) is 9.58. The van der Waals surface area contributed by atoms with Crippen LogP contribution in [-0.2, 0) is 6.54 Å². The first-order chi connectivity index (χ1) is 16.0. The number of aromatic nitrogens is 2. The number of amides is 1. The van der Waals surface area contributed by atoms with Gasteiger partial charge in [-0.1, -0.05) is 18.2 Å². The van der Waals surface area contributed by atoms with Crippen LogP contribution in [0.4, 0.5) is 21.6 Å². The predicted molar refractivity (Wildman–Crippen MR) is 123 cm³/mol. The van der Waals surface area contributed by atoms with Gasteiger partial charge in [0.1, 0.15) is 5.82 Å². The Morgan fingerprint density at radius 1 is 0.970 bits per heavy atom.